The quantitative estimate of drug-likeness (QED) is 0.777. The van der Waals surface area contributed by atoms with E-state index in [1.807, 2.05) is 13.8 Å². The van der Waals surface area contributed by atoms with E-state index >= 15 is 0 Å². The van der Waals surface area contributed by atoms with E-state index in [1.54, 1.807) is 6.07 Å². The summed E-state index contributed by atoms with van der Waals surface area (Å²) in [4.78, 5) is 11.9. The van der Waals surface area contributed by atoms with Gasteiger partial charge in [-0.3, -0.25) is 4.79 Å². The molecular weight excluding hydrogens is 222 g/mol. The first kappa shape index (κ1) is 11.4. The minimum absolute atomic E-state index is 0.0627. The first-order valence-corrected chi connectivity index (χ1v) is 5.94. The lowest BCUT2D eigenvalue weighted by atomic mass is 10.3. The van der Waals surface area contributed by atoms with Gasteiger partial charge in [0.2, 0.25) is 0 Å². The van der Waals surface area contributed by atoms with Gasteiger partial charge in [0, 0.05) is 6.04 Å². The number of carbonyl (C=O) groups excluding carboxylic acids is 1. The number of amides is 1. The third-order valence-electron chi connectivity index (χ3n) is 1.40. The van der Waals surface area contributed by atoms with E-state index < -0.39 is 11.1 Å². The van der Waals surface area contributed by atoms with Crippen molar-refractivity contribution in [1.82, 2.24) is 5.32 Å². The van der Waals surface area contributed by atoms with Crippen LogP contribution in [0.2, 0.25) is 0 Å². The summed E-state index contributed by atoms with van der Waals surface area (Å²) in [7, 11) is 0. The smallest absolute Gasteiger partial charge is 0.261 e. The summed E-state index contributed by atoms with van der Waals surface area (Å²) >= 11 is -0.970. The summed E-state index contributed by atoms with van der Waals surface area (Å²) < 4.78 is 19.7. The van der Waals surface area contributed by atoms with Gasteiger partial charge in [-0.05, 0) is 26.0 Å². The maximum atomic E-state index is 11.4. The molecule has 2 N–H and O–H groups in total. The molecule has 1 heterocycles. The molecule has 1 rings (SSSR count). The minimum Gasteiger partial charge on any atom is -0.349 e. The first-order chi connectivity index (χ1) is 6.50. The molecule has 78 valence electrons. The van der Waals surface area contributed by atoms with E-state index in [-0.39, 0.29) is 11.9 Å². The van der Waals surface area contributed by atoms with E-state index in [9.17, 15) is 9.00 Å². The van der Waals surface area contributed by atoms with E-state index in [0.29, 0.717) is 9.09 Å². The van der Waals surface area contributed by atoms with Crippen LogP contribution in [0, 0.1) is 0 Å². The molecule has 0 aliphatic heterocycles. The highest BCUT2D eigenvalue weighted by molar-refractivity contribution is 7.81. The van der Waals surface area contributed by atoms with Crippen LogP contribution in [-0.4, -0.2) is 20.7 Å². The maximum Gasteiger partial charge on any atom is 0.261 e. The minimum atomic E-state index is -2.00. The van der Waals surface area contributed by atoms with Gasteiger partial charge in [-0.1, -0.05) is 0 Å². The average Bonchev–Trinajstić information content (AvgIpc) is 2.50. The summed E-state index contributed by atoms with van der Waals surface area (Å²) in [5.41, 5.74) is 0. The van der Waals surface area contributed by atoms with Crippen molar-refractivity contribution in [3.8, 4) is 0 Å². The van der Waals surface area contributed by atoms with Crippen molar-refractivity contribution in [3.05, 3.63) is 17.0 Å². The molecule has 4 nitrogen and oxygen atoms in total. The Balaban J connectivity index is 2.76. The highest BCUT2D eigenvalue weighted by atomic mass is 32.2. The monoisotopic (exact) mass is 233 g/mol. The van der Waals surface area contributed by atoms with Crippen molar-refractivity contribution in [3.63, 3.8) is 0 Å². The lowest BCUT2D eigenvalue weighted by Gasteiger charge is -2.05. The van der Waals surface area contributed by atoms with Crippen molar-refractivity contribution >= 4 is 28.3 Å². The van der Waals surface area contributed by atoms with Gasteiger partial charge in [0.05, 0.1) is 4.88 Å². The molecule has 0 aromatic carbocycles. The highest BCUT2D eigenvalue weighted by Crippen LogP contribution is 2.18. The summed E-state index contributed by atoms with van der Waals surface area (Å²) in [6, 6.07) is 3.09. The first-order valence-electron chi connectivity index (χ1n) is 4.02. The zero-order valence-corrected chi connectivity index (χ0v) is 9.45. The number of nitrogens with one attached hydrogen (secondary N) is 1. The normalized spacial score (nSPS) is 12.9. The Labute approximate surface area is 88.6 Å². The molecule has 0 bridgehead atoms. The summed E-state index contributed by atoms with van der Waals surface area (Å²) in [5.74, 6) is -0.207. The second-order valence-electron chi connectivity index (χ2n) is 3.00. The molecule has 0 saturated heterocycles. The van der Waals surface area contributed by atoms with E-state index in [1.165, 1.54) is 6.07 Å². The topological polar surface area (TPSA) is 66.4 Å². The van der Waals surface area contributed by atoms with Gasteiger partial charge < -0.3 is 9.87 Å². The lowest BCUT2D eigenvalue weighted by Crippen LogP contribution is -2.29. The van der Waals surface area contributed by atoms with Crippen molar-refractivity contribution in [2.75, 3.05) is 0 Å². The Hall–Kier alpha value is -0.720. The third-order valence-corrected chi connectivity index (χ3v) is 3.43. The summed E-state index contributed by atoms with van der Waals surface area (Å²) in [6.07, 6.45) is 0. The van der Waals surface area contributed by atoms with Crippen molar-refractivity contribution in [2.24, 2.45) is 0 Å². The third kappa shape index (κ3) is 2.90. The zero-order chi connectivity index (χ0) is 10.7. The maximum absolute atomic E-state index is 11.4. The van der Waals surface area contributed by atoms with Gasteiger partial charge >= 0.3 is 0 Å². The zero-order valence-electron chi connectivity index (χ0n) is 7.81. The molecule has 0 radical (unpaired) electrons. The van der Waals surface area contributed by atoms with Crippen LogP contribution in [0.3, 0.4) is 0 Å². The number of thiophene rings is 1. The standard InChI is InChI=1S/C8H11NO3S2/c1-5(2)9-8(10)6-3-4-7(13-6)14(11)12/h3-5H,1-2H3,(H,9,10)(H,11,12). The second kappa shape index (κ2) is 4.68. The number of hydrogen-bond donors (Lipinski definition) is 2. The van der Waals surface area contributed by atoms with E-state index in [4.69, 9.17) is 4.55 Å². The lowest BCUT2D eigenvalue weighted by molar-refractivity contribution is 0.0947. The van der Waals surface area contributed by atoms with Crippen LogP contribution < -0.4 is 5.32 Å². The van der Waals surface area contributed by atoms with Gasteiger partial charge in [-0.25, -0.2) is 4.21 Å². The fourth-order valence-electron chi connectivity index (χ4n) is 0.869. The predicted octanol–water partition coefficient (Wildman–Crippen LogP) is 1.47. The molecule has 1 aromatic rings. The molecule has 1 atom stereocenters. The molecule has 0 fully saturated rings. The van der Waals surface area contributed by atoms with Gasteiger partial charge in [0.1, 0.15) is 4.21 Å². The van der Waals surface area contributed by atoms with Crippen molar-refractivity contribution < 1.29 is 13.6 Å². The molecular formula is C8H11NO3S2. The van der Waals surface area contributed by atoms with Crippen LogP contribution in [0.1, 0.15) is 23.5 Å². The van der Waals surface area contributed by atoms with Crippen LogP contribution in [0.5, 0.6) is 0 Å². The molecule has 0 saturated carbocycles. The van der Waals surface area contributed by atoms with Crippen LogP contribution in [0.15, 0.2) is 16.3 Å². The molecule has 0 aliphatic rings. The van der Waals surface area contributed by atoms with Gasteiger partial charge in [-0.15, -0.1) is 11.3 Å². The van der Waals surface area contributed by atoms with Crippen LogP contribution in [0.25, 0.3) is 0 Å². The Morgan fingerprint density at radius 3 is 2.64 bits per heavy atom. The Bertz CT molecular complexity index is 359. The fourth-order valence-corrected chi connectivity index (χ4v) is 2.25. The average molecular weight is 233 g/mol. The van der Waals surface area contributed by atoms with Crippen molar-refractivity contribution in [2.45, 2.75) is 24.1 Å². The molecule has 0 spiro atoms. The molecule has 1 aromatic heterocycles. The Morgan fingerprint density at radius 1 is 1.57 bits per heavy atom. The van der Waals surface area contributed by atoms with E-state index in [2.05, 4.69) is 5.32 Å². The largest absolute Gasteiger partial charge is 0.349 e. The van der Waals surface area contributed by atoms with Gasteiger partial charge in [0.15, 0.2) is 11.1 Å². The molecule has 6 heteroatoms. The van der Waals surface area contributed by atoms with E-state index in [0.717, 1.165) is 11.3 Å². The fraction of sp³-hybridized carbons (Fsp3) is 0.375. The van der Waals surface area contributed by atoms with Crippen molar-refractivity contribution in [1.29, 1.82) is 0 Å². The number of hydrogen-bond acceptors (Lipinski definition) is 3. The Morgan fingerprint density at radius 2 is 2.21 bits per heavy atom. The van der Waals surface area contributed by atoms with Gasteiger partial charge in [0.25, 0.3) is 5.91 Å². The summed E-state index contributed by atoms with van der Waals surface area (Å²) in [6.45, 7) is 3.72. The number of carbonyl (C=O) groups is 1. The molecule has 0 aliphatic carbocycles. The predicted molar refractivity (Wildman–Crippen MR) is 56.0 cm³/mol. The molecule has 1 unspecified atom stereocenters. The molecule has 1 amide bonds. The molecule has 14 heavy (non-hydrogen) atoms. The van der Waals surface area contributed by atoms with Gasteiger partial charge in [-0.2, -0.15) is 0 Å². The SMILES string of the molecule is CC(C)NC(=O)c1ccc(S(=O)O)s1. The number of rotatable bonds is 3. The second-order valence-corrected chi connectivity index (χ2v) is 5.28. The summed E-state index contributed by atoms with van der Waals surface area (Å²) in [5, 5.41) is 2.70. The van der Waals surface area contributed by atoms with Crippen LogP contribution >= 0.6 is 11.3 Å². The van der Waals surface area contributed by atoms with Crippen LogP contribution in [-0.2, 0) is 11.1 Å². The van der Waals surface area contributed by atoms with Crippen LogP contribution in [0.4, 0.5) is 0 Å². The Kier molecular flexibility index (Phi) is 3.79. The highest BCUT2D eigenvalue weighted by Gasteiger charge is 2.11.